The number of pyridine rings is 1. The lowest BCUT2D eigenvalue weighted by Gasteiger charge is -2.37. The van der Waals surface area contributed by atoms with Gasteiger partial charge in [0.25, 0.3) is 0 Å². The summed E-state index contributed by atoms with van der Waals surface area (Å²) in [6.45, 7) is 3.18. The van der Waals surface area contributed by atoms with E-state index >= 15 is 0 Å². The molecule has 0 saturated carbocycles. The molecule has 0 spiro atoms. The zero-order valence-electron chi connectivity index (χ0n) is 25.2. The standard InChI is InChI=1S/C28H31N3O2.2C2HF3O2/c1-33-25-12-10-22(11-13-25)20-30-17-14-28(23-7-3-2-4-8-23)15-18-31(27(32)19-26(28)30)21-24-9-5-6-16-29-24;2*3-2(4,5)1(6)7/h2-13,16,26H,14-15,17-21H2,1H3;2*(H,6,7). The Morgan fingerprint density at radius 1 is 0.851 bits per heavy atom. The maximum Gasteiger partial charge on any atom is 0.490 e. The summed E-state index contributed by atoms with van der Waals surface area (Å²) in [6, 6.07) is 25.2. The molecule has 5 rings (SSSR count). The number of hydrogen-bond donors (Lipinski definition) is 2. The number of carbonyl (C=O) groups excluding carboxylic acids is 1. The largest absolute Gasteiger partial charge is 0.497 e. The van der Waals surface area contributed by atoms with Gasteiger partial charge in [-0.15, -0.1) is 0 Å². The maximum atomic E-state index is 13.5. The van der Waals surface area contributed by atoms with Gasteiger partial charge in [-0.3, -0.25) is 14.7 Å². The van der Waals surface area contributed by atoms with Crippen LogP contribution in [0.25, 0.3) is 0 Å². The Bertz CT molecular complexity index is 1450. The van der Waals surface area contributed by atoms with Gasteiger partial charge in [-0.05, 0) is 54.8 Å². The monoisotopic (exact) mass is 669 g/mol. The number of halogens is 6. The first-order chi connectivity index (χ1) is 22.1. The second-order valence-electron chi connectivity index (χ2n) is 10.8. The quantitative estimate of drug-likeness (QED) is 0.322. The molecule has 254 valence electrons. The summed E-state index contributed by atoms with van der Waals surface area (Å²) in [5, 5.41) is 14.2. The number of ether oxygens (including phenoxy) is 1. The molecule has 2 N–H and O–H groups in total. The van der Waals surface area contributed by atoms with E-state index < -0.39 is 24.3 Å². The molecule has 1 amide bonds. The Morgan fingerprint density at radius 3 is 1.91 bits per heavy atom. The molecule has 1 aromatic heterocycles. The van der Waals surface area contributed by atoms with Crippen LogP contribution in [0, 0.1) is 0 Å². The van der Waals surface area contributed by atoms with Crippen LogP contribution in [0.1, 0.15) is 36.1 Å². The third-order valence-corrected chi connectivity index (χ3v) is 7.93. The second-order valence-corrected chi connectivity index (χ2v) is 10.8. The average molecular weight is 670 g/mol. The molecule has 3 aromatic rings. The molecule has 3 heterocycles. The number of methoxy groups -OCH3 is 1. The molecule has 2 aliphatic rings. The highest BCUT2D eigenvalue weighted by molar-refractivity contribution is 5.78. The number of alkyl halides is 6. The number of aliphatic carboxylic acids is 2. The van der Waals surface area contributed by atoms with Crippen molar-refractivity contribution in [3.05, 3.63) is 95.8 Å². The number of carboxylic acid groups (broad SMARTS) is 2. The van der Waals surface area contributed by atoms with Crippen molar-refractivity contribution in [2.24, 2.45) is 0 Å². The van der Waals surface area contributed by atoms with Gasteiger partial charge in [-0.1, -0.05) is 48.5 Å². The van der Waals surface area contributed by atoms with Crippen molar-refractivity contribution in [2.45, 2.75) is 56.2 Å². The summed E-state index contributed by atoms with van der Waals surface area (Å²) in [5.41, 5.74) is 3.55. The van der Waals surface area contributed by atoms with Crippen molar-refractivity contribution >= 4 is 17.8 Å². The van der Waals surface area contributed by atoms with E-state index in [2.05, 4.69) is 52.3 Å². The fourth-order valence-corrected chi connectivity index (χ4v) is 5.65. The predicted octanol–water partition coefficient (Wildman–Crippen LogP) is 5.69. The topological polar surface area (TPSA) is 120 Å². The lowest BCUT2D eigenvalue weighted by atomic mass is 9.71. The maximum absolute atomic E-state index is 13.5. The van der Waals surface area contributed by atoms with E-state index in [0.717, 1.165) is 43.9 Å². The first-order valence-corrected chi connectivity index (χ1v) is 14.3. The first kappa shape index (κ1) is 36.8. The van der Waals surface area contributed by atoms with Crippen molar-refractivity contribution in [1.82, 2.24) is 14.8 Å². The third-order valence-electron chi connectivity index (χ3n) is 7.93. The van der Waals surface area contributed by atoms with Crippen LogP contribution in [0.3, 0.4) is 0 Å². The summed E-state index contributed by atoms with van der Waals surface area (Å²) in [6.07, 6.45) is -5.78. The third kappa shape index (κ3) is 10.2. The van der Waals surface area contributed by atoms with Crippen molar-refractivity contribution in [1.29, 1.82) is 0 Å². The number of amides is 1. The Labute approximate surface area is 266 Å². The number of carboxylic acids is 2. The molecule has 2 aromatic carbocycles. The summed E-state index contributed by atoms with van der Waals surface area (Å²) in [5.74, 6) is -4.42. The van der Waals surface area contributed by atoms with Gasteiger partial charge in [0.15, 0.2) is 0 Å². The molecule has 2 saturated heterocycles. The Morgan fingerprint density at radius 2 is 1.40 bits per heavy atom. The van der Waals surface area contributed by atoms with Gasteiger partial charge >= 0.3 is 24.3 Å². The van der Waals surface area contributed by atoms with Crippen LogP contribution in [0.2, 0.25) is 0 Å². The normalized spacial score (nSPS) is 19.7. The van der Waals surface area contributed by atoms with E-state index in [4.69, 9.17) is 24.5 Å². The molecule has 0 bridgehead atoms. The predicted molar refractivity (Wildman–Crippen MR) is 156 cm³/mol. The SMILES string of the molecule is COc1ccc(CN2CCC3(c4ccccc4)CCN(Cc4ccccn4)C(=O)CC23)cc1.O=C(O)C(F)(F)F.O=C(O)C(F)(F)F. The van der Waals surface area contributed by atoms with Crippen LogP contribution < -0.4 is 4.74 Å². The van der Waals surface area contributed by atoms with Gasteiger partial charge in [-0.2, -0.15) is 26.3 Å². The number of nitrogens with zero attached hydrogens (tertiary/aromatic N) is 3. The molecule has 0 radical (unpaired) electrons. The molecule has 2 aliphatic heterocycles. The van der Waals surface area contributed by atoms with E-state index in [-0.39, 0.29) is 17.4 Å². The van der Waals surface area contributed by atoms with Gasteiger partial charge in [0, 0.05) is 37.2 Å². The molecule has 9 nitrogen and oxygen atoms in total. The average Bonchev–Trinajstić information content (AvgIpc) is 3.29. The number of rotatable bonds is 6. The molecule has 2 fully saturated rings. The van der Waals surface area contributed by atoms with E-state index in [1.54, 1.807) is 13.3 Å². The van der Waals surface area contributed by atoms with Crippen molar-refractivity contribution < 1.29 is 55.7 Å². The molecule has 0 aliphatic carbocycles. The van der Waals surface area contributed by atoms with Crippen LogP contribution >= 0.6 is 0 Å². The summed E-state index contributed by atoms with van der Waals surface area (Å²) >= 11 is 0. The molecule has 47 heavy (non-hydrogen) atoms. The van der Waals surface area contributed by atoms with E-state index in [9.17, 15) is 31.1 Å². The molecule has 15 heteroatoms. The minimum absolute atomic E-state index is 0.0117. The fraction of sp³-hybridized carbons (Fsp3) is 0.375. The van der Waals surface area contributed by atoms with Crippen LogP contribution in [0.4, 0.5) is 26.3 Å². The molecule has 2 atom stereocenters. The fourth-order valence-electron chi connectivity index (χ4n) is 5.65. The van der Waals surface area contributed by atoms with E-state index in [1.807, 2.05) is 35.2 Å². The summed E-state index contributed by atoms with van der Waals surface area (Å²) < 4.78 is 68.8. The molecular weight excluding hydrogens is 636 g/mol. The lowest BCUT2D eigenvalue weighted by molar-refractivity contribution is -0.193. The number of fused-ring (bicyclic) bond motifs is 1. The van der Waals surface area contributed by atoms with Crippen LogP contribution in [0.5, 0.6) is 5.75 Å². The minimum atomic E-state index is -5.08. The van der Waals surface area contributed by atoms with Gasteiger partial charge in [0.05, 0.1) is 19.3 Å². The van der Waals surface area contributed by atoms with Gasteiger partial charge < -0.3 is 19.8 Å². The Hall–Kier alpha value is -4.66. The smallest absolute Gasteiger partial charge is 0.490 e. The zero-order chi connectivity index (χ0) is 34.8. The summed E-state index contributed by atoms with van der Waals surface area (Å²) in [4.78, 5) is 40.3. The highest BCUT2D eigenvalue weighted by Gasteiger charge is 2.51. The minimum Gasteiger partial charge on any atom is -0.497 e. The summed E-state index contributed by atoms with van der Waals surface area (Å²) in [7, 11) is 1.69. The number of aromatic nitrogens is 1. The van der Waals surface area contributed by atoms with Gasteiger partial charge in [-0.25, -0.2) is 9.59 Å². The molecular formula is C32H33F6N3O6. The van der Waals surface area contributed by atoms with Crippen molar-refractivity contribution in [3.8, 4) is 5.75 Å². The van der Waals surface area contributed by atoms with E-state index in [1.165, 1.54) is 11.1 Å². The van der Waals surface area contributed by atoms with Crippen LogP contribution in [-0.4, -0.2) is 81.4 Å². The van der Waals surface area contributed by atoms with Crippen LogP contribution in [-0.2, 0) is 32.9 Å². The van der Waals surface area contributed by atoms with Crippen LogP contribution in [0.15, 0.2) is 79.0 Å². The van der Waals surface area contributed by atoms with Crippen molar-refractivity contribution in [2.75, 3.05) is 20.2 Å². The van der Waals surface area contributed by atoms with Gasteiger partial charge in [0.1, 0.15) is 5.75 Å². The first-order valence-electron chi connectivity index (χ1n) is 14.3. The number of hydrogen-bond acceptors (Lipinski definition) is 6. The zero-order valence-corrected chi connectivity index (χ0v) is 25.2. The Kier molecular flexibility index (Phi) is 12.3. The number of likely N-dealkylation sites (tertiary alicyclic amines) is 2. The molecule has 2 unspecified atom stereocenters. The Balaban J connectivity index is 0.000000360. The second kappa shape index (κ2) is 15.8. The highest BCUT2D eigenvalue weighted by Crippen LogP contribution is 2.46. The van der Waals surface area contributed by atoms with Crippen molar-refractivity contribution in [3.63, 3.8) is 0 Å². The number of benzene rings is 2. The van der Waals surface area contributed by atoms with E-state index in [0.29, 0.717) is 13.0 Å². The number of carbonyl (C=O) groups is 3. The van der Waals surface area contributed by atoms with Gasteiger partial charge in [0.2, 0.25) is 5.91 Å². The highest BCUT2D eigenvalue weighted by atomic mass is 19.4. The lowest BCUT2D eigenvalue weighted by Crippen LogP contribution is -2.43.